The maximum atomic E-state index is 13.1. The minimum absolute atomic E-state index is 0.0125. The summed E-state index contributed by atoms with van der Waals surface area (Å²) in [5.41, 5.74) is 0.431. The summed E-state index contributed by atoms with van der Waals surface area (Å²) in [5, 5.41) is 0. The number of alkyl halides is 2. The van der Waals surface area contributed by atoms with Crippen LogP contribution in [0.15, 0.2) is 18.2 Å². The number of carbonyl (C=O) groups is 2. The van der Waals surface area contributed by atoms with E-state index in [1.807, 2.05) is 0 Å². The minimum Gasteiger partial charge on any atom is -0.493 e. The fourth-order valence-corrected chi connectivity index (χ4v) is 2.15. The molecule has 0 bridgehead atoms. The van der Waals surface area contributed by atoms with Crippen LogP contribution >= 0.6 is 0 Å². The molecule has 0 saturated carbocycles. The van der Waals surface area contributed by atoms with Crippen LogP contribution in [-0.4, -0.2) is 56.6 Å². The molecule has 0 N–H and O–H groups in total. The van der Waals surface area contributed by atoms with Gasteiger partial charge < -0.3 is 19.1 Å². The van der Waals surface area contributed by atoms with E-state index in [1.54, 1.807) is 12.1 Å². The molecule has 126 valence electrons. The van der Waals surface area contributed by atoms with Crippen LogP contribution in [0.4, 0.5) is 8.78 Å². The lowest BCUT2D eigenvalue weighted by Gasteiger charge is -2.32. The molecule has 2 rings (SSSR count). The van der Waals surface area contributed by atoms with E-state index in [0.717, 1.165) is 4.90 Å². The van der Waals surface area contributed by atoms with E-state index in [0.29, 0.717) is 23.3 Å². The number of hydrogen-bond donors (Lipinski definition) is 0. The van der Waals surface area contributed by atoms with E-state index in [-0.39, 0.29) is 26.2 Å². The van der Waals surface area contributed by atoms with Gasteiger partial charge in [-0.1, -0.05) is 0 Å². The zero-order valence-corrected chi connectivity index (χ0v) is 12.6. The number of halogens is 2. The first-order valence-corrected chi connectivity index (χ1v) is 7.01. The van der Waals surface area contributed by atoms with E-state index in [2.05, 4.69) is 4.74 Å². The van der Waals surface area contributed by atoms with Crippen LogP contribution in [0.25, 0.3) is 0 Å². The largest absolute Gasteiger partial charge is 0.493 e. The summed E-state index contributed by atoms with van der Waals surface area (Å²) in [7, 11) is 1.43. The number of benzene rings is 1. The topological polar surface area (TPSA) is 65.1 Å². The Morgan fingerprint density at radius 3 is 2.87 bits per heavy atom. The third-order valence-corrected chi connectivity index (χ3v) is 3.30. The van der Waals surface area contributed by atoms with Crippen molar-refractivity contribution in [3.8, 4) is 11.5 Å². The monoisotopic (exact) mass is 329 g/mol. The van der Waals surface area contributed by atoms with Crippen LogP contribution in [0, 0.1) is 0 Å². The van der Waals surface area contributed by atoms with Gasteiger partial charge >= 0.3 is 6.11 Å². The molecule has 1 aromatic rings. The number of aldehydes is 1. The van der Waals surface area contributed by atoms with Crippen molar-refractivity contribution in [1.29, 1.82) is 0 Å². The third kappa shape index (κ3) is 4.62. The van der Waals surface area contributed by atoms with Crippen molar-refractivity contribution >= 4 is 12.2 Å². The van der Waals surface area contributed by atoms with E-state index in [4.69, 9.17) is 9.47 Å². The van der Waals surface area contributed by atoms with Crippen LogP contribution < -0.4 is 9.47 Å². The van der Waals surface area contributed by atoms with E-state index in [9.17, 15) is 18.4 Å². The number of hydrogen-bond acceptors (Lipinski definition) is 5. The molecule has 1 heterocycles. The molecule has 1 fully saturated rings. The number of nitrogens with zero attached hydrogens (tertiary/aromatic N) is 1. The zero-order valence-electron chi connectivity index (χ0n) is 12.6. The molecule has 1 aromatic carbocycles. The van der Waals surface area contributed by atoms with Crippen LogP contribution in [0.2, 0.25) is 0 Å². The molecular formula is C15H17F2NO5. The summed E-state index contributed by atoms with van der Waals surface area (Å²) in [4.78, 5) is 23.7. The van der Waals surface area contributed by atoms with Crippen LogP contribution in [0.3, 0.4) is 0 Å². The highest BCUT2D eigenvalue weighted by Gasteiger charge is 2.38. The zero-order chi connectivity index (χ0) is 16.9. The van der Waals surface area contributed by atoms with Gasteiger partial charge in [-0.05, 0) is 18.2 Å². The van der Waals surface area contributed by atoms with Crippen LogP contribution in [-0.2, 0) is 9.53 Å². The van der Waals surface area contributed by atoms with Crippen molar-refractivity contribution in [3.05, 3.63) is 23.8 Å². The molecule has 0 radical (unpaired) electrons. The molecule has 0 aliphatic carbocycles. The Labute approximate surface area is 131 Å². The summed E-state index contributed by atoms with van der Waals surface area (Å²) in [6, 6.07) is 4.61. The number of carbonyl (C=O) groups excluding carboxylic acids is 2. The Hall–Kier alpha value is -2.22. The predicted octanol–water partition coefficient (Wildman–Crippen LogP) is 1.73. The molecule has 0 aromatic heterocycles. The Morgan fingerprint density at radius 1 is 1.43 bits per heavy atom. The van der Waals surface area contributed by atoms with Crippen molar-refractivity contribution < 1.29 is 32.6 Å². The Morgan fingerprint density at radius 2 is 2.22 bits per heavy atom. The van der Waals surface area contributed by atoms with Gasteiger partial charge in [-0.2, -0.15) is 8.78 Å². The van der Waals surface area contributed by atoms with Crippen molar-refractivity contribution in [2.24, 2.45) is 0 Å². The molecule has 1 aliphatic heterocycles. The summed E-state index contributed by atoms with van der Waals surface area (Å²) in [6.45, 7) is -0.798. The number of ether oxygens (including phenoxy) is 3. The lowest BCUT2D eigenvalue weighted by Crippen LogP contribution is -2.49. The summed E-state index contributed by atoms with van der Waals surface area (Å²) >= 11 is 0. The second-order valence-electron chi connectivity index (χ2n) is 4.93. The second kappa shape index (κ2) is 7.36. The van der Waals surface area contributed by atoms with Gasteiger partial charge in [0.1, 0.15) is 12.8 Å². The van der Waals surface area contributed by atoms with Crippen molar-refractivity contribution in [3.63, 3.8) is 0 Å². The molecule has 1 amide bonds. The minimum atomic E-state index is -3.30. The van der Waals surface area contributed by atoms with Gasteiger partial charge in [0.15, 0.2) is 11.5 Å². The van der Waals surface area contributed by atoms with Gasteiger partial charge in [-0.15, -0.1) is 0 Å². The lowest BCUT2D eigenvalue weighted by atomic mass is 10.2. The molecule has 23 heavy (non-hydrogen) atoms. The molecule has 6 nitrogen and oxygen atoms in total. The highest BCUT2D eigenvalue weighted by atomic mass is 19.3. The standard InChI is InChI=1S/C15H17F2NO5/c1-21-13-8-11(9-19)2-3-12(13)22-6-4-14(20)18-5-7-23-15(16,17)10-18/h2-3,8-9H,4-7,10H2,1H3. The number of rotatable bonds is 6. The van der Waals surface area contributed by atoms with E-state index >= 15 is 0 Å². The maximum Gasteiger partial charge on any atom is 0.373 e. The van der Waals surface area contributed by atoms with Crippen molar-refractivity contribution in [2.75, 3.05) is 33.4 Å². The second-order valence-corrected chi connectivity index (χ2v) is 4.93. The first kappa shape index (κ1) is 17.1. The highest BCUT2D eigenvalue weighted by molar-refractivity contribution is 5.77. The molecule has 0 atom stereocenters. The summed E-state index contributed by atoms with van der Waals surface area (Å²) < 4.78 is 41.0. The predicted molar refractivity (Wildman–Crippen MR) is 76.0 cm³/mol. The average Bonchev–Trinajstić information content (AvgIpc) is 2.54. The highest BCUT2D eigenvalue weighted by Crippen LogP contribution is 2.28. The van der Waals surface area contributed by atoms with Gasteiger partial charge in [-0.25, -0.2) is 0 Å². The fraction of sp³-hybridized carbons (Fsp3) is 0.467. The van der Waals surface area contributed by atoms with Gasteiger partial charge in [0.05, 0.1) is 26.7 Å². The fourth-order valence-electron chi connectivity index (χ4n) is 2.15. The molecular weight excluding hydrogens is 312 g/mol. The van der Waals surface area contributed by atoms with E-state index in [1.165, 1.54) is 13.2 Å². The Balaban J connectivity index is 1.87. The lowest BCUT2D eigenvalue weighted by molar-refractivity contribution is -0.267. The van der Waals surface area contributed by atoms with Crippen LogP contribution in [0.5, 0.6) is 11.5 Å². The molecule has 1 saturated heterocycles. The average molecular weight is 329 g/mol. The third-order valence-electron chi connectivity index (χ3n) is 3.30. The summed E-state index contributed by atoms with van der Waals surface area (Å²) in [5.74, 6) is 0.301. The summed E-state index contributed by atoms with van der Waals surface area (Å²) in [6.07, 6.45) is -2.67. The number of methoxy groups -OCH3 is 1. The molecule has 8 heteroatoms. The Kier molecular flexibility index (Phi) is 5.49. The SMILES string of the molecule is COc1cc(C=O)ccc1OCCC(=O)N1CCOC(F)(F)C1. The number of amides is 1. The maximum absolute atomic E-state index is 13.1. The quantitative estimate of drug-likeness (QED) is 0.744. The van der Waals surface area contributed by atoms with Gasteiger partial charge in [0.25, 0.3) is 0 Å². The van der Waals surface area contributed by atoms with E-state index < -0.39 is 18.6 Å². The molecule has 1 aliphatic rings. The van der Waals surface area contributed by atoms with Crippen molar-refractivity contribution in [1.82, 2.24) is 4.90 Å². The first-order valence-electron chi connectivity index (χ1n) is 7.01. The molecule has 0 spiro atoms. The smallest absolute Gasteiger partial charge is 0.373 e. The Bertz CT molecular complexity index is 579. The first-order chi connectivity index (χ1) is 10.9. The van der Waals surface area contributed by atoms with Crippen LogP contribution in [0.1, 0.15) is 16.8 Å². The van der Waals surface area contributed by atoms with Gasteiger partial charge in [0, 0.05) is 12.1 Å². The number of morpholine rings is 1. The normalized spacial score (nSPS) is 16.7. The van der Waals surface area contributed by atoms with Gasteiger partial charge in [0.2, 0.25) is 5.91 Å². The van der Waals surface area contributed by atoms with Gasteiger partial charge in [-0.3, -0.25) is 9.59 Å². The van der Waals surface area contributed by atoms with Crippen molar-refractivity contribution in [2.45, 2.75) is 12.5 Å². The molecule has 0 unspecified atom stereocenters.